The van der Waals surface area contributed by atoms with Crippen LogP contribution in [0.2, 0.25) is 0 Å². The van der Waals surface area contributed by atoms with Gasteiger partial charge in [0.2, 0.25) is 0 Å². The van der Waals surface area contributed by atoms with Gasteiger partial charge in [0.1, 0.15) is 0 Å². The van der Waals surface area contributed by atoms with Crippen LogP contribution in [0.3, 0.4) is 0 Å². The molecule has 4 radical (unpaired) electrons. The molecule has 0 saturated heterocycles. The second kappa shape index (κ2) is 63.9. The fraction of sp³-hybridized carbons (Fsp3) is 0. The largest absolute Gasteiger partial charge is 0.412 e. The third-order valence-electron chi connectivity index (χ3n) is 0. The third-order valence-corrected chi connectivity index (χ3v) is 0. The van der Waals surface area contributed by atoms with Crippen LogP contribution in [0.5, 0.6) is 0 Å². The van der Waals surface area contributed by atoms with Crippen molar-refractivity contribution in [1.82, 2.24) is 0 Å². The van der Waals surface area contributed by atoms with Gasteiger partial charge in [0.05, 0.1) is 0 Å². The molecule has 4 N–H and O–H groups in total. The van der Waals surface area contributed by atoms with E-state index in [0.717, 1.165) is 0 Å². The fourth-order valence-electron chi connectivity index (χ4n) is 0. The van der Waals surface area contributed by atoms with Crippen LogP contribution in [-0.4, -0.2) is 11.0 Å². The van der Waals surface area contributed by atoms with E-state index in [1.807, 2.05) is 0 Å². The van der Waals surface area contributed by atoms with Gasteiger partial charge in [-0.1, -0.05) is 0 Å². The molecule has 0 aliphatic rings. The van der Waals surface area contributed by atoms with Gasteiger partial charge in [-0.15, -0.1) is 0 Å². The van der Waals surface area contributed by atoms with E-state index in [1.54, 1.807) is 0 Å². The van der Waals surface area contributed by atoms with Crippen LogP contribution >= 0.6 is 0 Å². The van der Waals surface area contributed by atoms with Gasteiger partial charge in [-0.25, -0.2) is 0 Å². The smallest absolute Gasteiger partial charge is 0 e. The first kappa shape index (κ1) is 99.7. The molecule has 0 aliphatic heterocycles. The molecular weight excluding hydrogens is 260 g/mol. The van der Waals surface area contributed by atoms with E-state index < -0.39 is 0 Å². The van der Waals surface area contributed by atoms with Crippen molar-refractivity contribution in [2.24, 2.45) is 0 Å². The zero-order valence-corrected chi connectivity index (χ0v) is 6.87. The maximum atomic E-state index is 0. The molecule has 48 valence electrons. The second-order valence-corrected chi connectivity index (χ2v) is 0. The topological polar surface area (TPSA) is 63.0 Å². The van der Waals surface area contributed by atoms with E-state index in [4.69, 9.17) is 0 Å². The van der Waals surface area contributed by atoms with Crippen molar-refractivity contribution in [3.8, 4) is 0 Å². The van der Waals surface area contributed by atoms with Crippen molar-refractivity contribution in [3.63, 3.8) is 0 Å². The minimum Gasteiger partial charge on any atom is -0.412 e. The molecule has 0 amide bonds. The van der Waals surface area contributed by atoms with Gasteiger partial charge in [-0.3, -0.25) is 0 Å². The van der Waals surface area contributed by atoms with Crippen LogP contribution < -0.4 is 0 Å². The minimum absolute atomic E-state index is 0. The van der Waals surface area contributed by atoms with Crippen LogP contribution in [0.4, 0.5) is 0 Å². The molecule has 0 aromatic rings. The van der Waals surface area contributed by atoms with Crippen molar-refractivity contribution in [3.05, 3.63) is 0 Å². The van der Waals surface area contributed by atoms with Crippen LogP contribution in [0, 0.1) is 0 Å². The molecule has 2 nitrogen and oxygen atoms in total. The van der Waals surface area contributed by atoms with Crippen LogP contribution in [0.1, 0.15) is 0 Å². The molecule has 0 unspecified atom stereocenters. The predicted molar refractivity (Wildman–Crippen MR) is 7.23 cm³/mol. The summed E-state index contributed by atoms with van der Waals surface area (Å²) in [6.07, 6.45) is 0. The standard InChI is InChI=1S/2Co.2Mn.2H2O/h;;;;2*1H2. The van der Waals surface area contributed by atoms with E-state index in [1.165, 1.54) is 0 Å². The quantitative estimate of drug-likeness (QED) is 0.470. The maximum absolute atomic E-state index is 0. The molecule has 6 heavy (non-hydrogen) atoms. The van der Waals surface area contributed by atoms with E-state index in [-0.39, 0.29) is 78.6 Å². The Morgan fingerprint density at radius 3 is 0.500 bits per heavy atom. The summed E-state index contributed by atoms with van der Waals surface area (Å²) < 4.78 is 0. The van der Waals surface area contributed by atoms with E-state index in [0.29, 0.717) is 0 Å². The second-order valence-electron chi connectivity index (χ2n) is 0. The molecule has 6 heteroatoms. The zero-order valence-electron chi connectivity index (χ0n) is 2.42. The average Bonchev–Trinajstić information content (AvgIpc) is 0. The Bertz CT molecular complexity index is 9.51. The monoisotopic (exact) mass is 264 g/mol. The van der Waals surface area contributed by atoms with Gasteiger partial charge in [0.15, 0.2) is 0 Å². The SMILES string of the molecule is O.O.[Co].[Co].[Mn].[Mn]. The molecule has 0 aromatic heterocycles. The molecule has 0 heterocycles. The summed E-state index contributed by atoms with van der Waals surface area (Å²) in [6.45, 7) is 0. The predicted octanol–water partition coefficient (Wildman–Crippen LogP) is -1.66. The summed E-state index contributed by atoms with van der Waals surface area (Å²) in [6, 6.07) is 0. The van der Waals surface area contributed by atoms with Crippen molar-refractivity contribution >= 4 is 0 Å². The van der Waals surface area contributed by atoms with Crippen LogP contribution in [-0.2, 0) is 67.7 Å². The Morgan fingerprint density at radius 1 is 0.500 bits per heavy atom. The van der Waals surface area contributed by atoms with Crippen molar-refractivity contribution in [2.75, 3.05) is 0 Å². The van der Waals surface area contributed by atoms with Gasteiger partial charge in [-0.2, -0.15) is 0 Å². The number of rotatable bonds is 0. The van der Waals surface area contributed by atoms with Gasteiger partial charge in [0.25, 0.3) is 0 Å². The average molecular weight is 264 g/mol. The van der Waals surface area contributed by atoms with E-state index in [2.05, 4.69) is 0 Å². The van der Waals surface area contributed by atoms with Crippen molar-refractivity contribution < 1.29 is 78.6 Å². The van der Waals surface area contributed by atoms with Gasteiger partial charge >= 0.3 is 0 Å². The molecule has 0 aliphatic carbocycles. The number of hydrogen-bond donors (Lipinski definition) is 0. The minimum atomic E-state index is 0. The van der Waals surface area contributed by atoms with Crippen LogP contribution in [0.15, 0.2) is 0 Å². The van der Waals surface area contributed by atoms with Gasteiger partial charge in [-0.05, 0) is 0 Å². The van der Waals surface area contributed by atoms with Gasteiger partial charge < -0.3 is 11.0 Å². The maximum Gasteiger partial charge on any atom is 0 e. The van der Waals surface area contributed by atoms with Gasteiger partial charge in [0, 0.05) is 67.7 Å². The molecule has 0 rings (SSSR count). The first-order valence-corrected chi connectivity index (χ1v) is 0. The van der Waals surface area contributed by atoms with Crippen LogP contribution in [0.25, 0.3) is 0 Å². The Hall–Kier alpha value is 1.97. The first-order chi connectivity index (χ1) is 0. The summed E-state index contributed by atoms with van der Waals surface area (Å²) in [5.74, 6) is 0. The zero-order chi connectivity index (χ0) is 0. The molecule has 0 aromatic carbocycles. The summed E-state index contributed by atoms with van der Waals surface area (Å²) in [5, 5.41) is 0. The summed E-state index contributed by atoms with van der Waals surface area (Å²) in [4.78, 5) is 0. The fourth-order valence-corrected chi connectivity index (χ4v) is 0. The molecule has 0 spiro atoms. The Kier molecular flexibility index (Phi) is 1060. The molecule has 0 saturated carbocycles. The molecule has 0 bridgehead atoms. The normalized spacial score (nSPS) is 0. The van der Waals surface area contributed by atoms with E-state index >= 15 is 0 Å². The first-order valence-electron chi connectivity index (χ1n) is 0. The number of hydrogen-bond acceptors (Lipinski definition) is 0. The Balaban J connectivity index is 0. The molecule has 0 atom stereocenters. The van der Waals surface area contributed by atoms with Crippen molar-refractivity contribution in [1.29, 1.82) is 0 Å². The summed E-state index contributed by atoms with van der Waals surface area (Å²) in [7, 11) is 0. The Morgan fingerprint density at radius 2 is 0.500 bits per heavy atom. The van der Waals surface area contributed by atoms with E-state index in [9.17, 15) is 0 Å². The Labute approximate surface area is 78.2 Å². The van der Waals surface area contributed by atoms with Crippen molar-refractivity contribution in [2.45, 2.75) is 0 Å². The third kappa shape index (κ3) is 38.0. The molecule has 0 fully saturated rings. The summed E-state index contributed by atoms with van der Waals surface area (Å²) in [5.41, 5.74) is 0. The molecular formula is H4Co2Mn2O2. The summed E-state index contributed by atoms with van der Waals surface area (Å²) >= 11 is 0.